The van der Waals surface area contributed by atoms with Crippen molar-refractivity contribution in [3.05, 3.63) is 81.3 Å². The van der Waals surface area contributed by atoms with E-state index in [-0.39, 0.29) is 0 Å². The molecule has 1 radical (unpaired) electrons. The topological polar surface area (TPSA) is 48.0 Å². The number of nitrogens with two attached hydrogens (primary N) is 1. The van der Waals surface area contributed by atoms with Gasteiger partial charge in [-0.3, -0.25) is 4.79 Å². The predicted molar refractivity (Wildman–Crippen MR) is 121 cm³/mol. The monoisotopic (exact) mass is 423 g/mol. The maximum atomic E-state index is 12.1. The Morgan fingerprint density at radius 2 is 1.90 bits per heavy atom. The maximum Gasteiger partial charge on any atom is 0.249 e. The lowest BCUT2D eigenvalue weighted by atomic mass is 10.0. The summed E-state index contributed by atoms with van der Waals surface area (Å²) in [7, 11) is 0. The molecule has 29 heavy (non-hydrogen) atoms. The van der Waals surface area contributed by atoms with E-state index in [1.807, 2.05) is 30.3 Å². The molecule has 1 heterocycles. The van der Waals surface area contributed by atoms with Crippen LogP contribution in [-0.2, 0) is 13.0 Å². The van der Waals surface area contributed by atoms with Crippen molar-refractivity contribution in [1.29, 1.82) is 0 Å². The van der Waals surface area contributed by atoms with Gasteiger partial charge in [0.2, 0.25) is 5.91 Å². The smallest absolute Gasteiger partial charge is 0.249 e. The van der Waals surface area contributed by atoms with Crippen LogP contribution in [0.4, 0.5) is 0 Å². The Morgan fingerprint density at radius 1 is 1.07 bits per heavy atom. The van der Waals surface area contributed by atoms with Gasteiger partial charge in [0.1, 0.15) is 0 Å². The fraction of sp³-hybridized carbons (Fsp3) is 0.208. The molecule has 147 valence electrons. The lowest BCUT2D eigenvalue weighted by molar-refractivity contribution is 0.100. The van der Waals surface area contributed by atoms with Crippen LogP contribution in [0, 0.1) is 6.07 Å². The van der Waals surface area contributed by atoms with Crippen LogP contribution in [0.3, 0.4) is 0 Å². The molecular formula is C24H21Cl2N2O. The molecule has 0 fully saturated rings. The molecule has 3 aromatic carbocycles. The summed E-state index contributed by atoms with van der Waals surface area (Å²) < 4.78 is 2.20. The third kappa shape index (κ3) is 3.73. The standard InChI is InChI=1S/C24H21Cl2N2O/c1-2-3-5-15-8-10-17-22(13-15)28(14-16-9-11-19(25)20(26)12-16)21-7-4-6-18(23(17)21)24(27)29/h4,6-9,11-13H,2-3,5,14H2,1H3,(H2,27,29). The lowest BCUT2D eigenvalue weighted by Gasteiger charge is -2.10. The first-order valence-corrected chi connectivity index (χ1v) is 10.4. The highest BCUT2D eigenvalue weighted by Crippen LogP contribution is 2.33. The van der Waals surface area contributed by atoms with Gasteiger partial charge in [-0.15, -0.1) is 0 Å². The number of primary amides is 1. The molecular weight excluding hydrogens is 403 g/mol. The van der Waals surface area contributed by atoms with E-state index in [0.29, 0.717) is 22.2 Å². The van der Waals surface area contributed by atoms with Crippen molar-refractivity contribution < 1.29 is 4.79 Å². The zero-order valence-electron chi connectivity index (χ0n) is 16.1. The van der Waals surface area contributed by atoms with Crippen molar-refractivity contribution in [2.45, 2.75) is 32.7 Å². The Hall–Kier alpha value is -2.49. The number of carbonyl (C=O) groups is 1. The van der Waals surface area contributed by atoms with E-state index >= 15 is 0 Å². The Bertz CT molecular complexity index is 1230. The minimum atomic E-state index is -0.437. The number of benzene rings is 3. The SMILES string of the molecule is CCCCc1c[c]c2c3c(C(N)=O)cccc3n(Cc3ccc(Cl)c(Cl)c3)c2c1. The van der Waals surface area contributed by atoms with Crippen LogP contribution in [0.5, 0.6) is 0 Å². The van der Waals surface area contributed by atoms with Crippen molar-refractivity contribution in [2.24, 2.45) is 5.73 Å². The molecule has 0 aliphatic heterocycles. The van der Waals surface area contributed by atoms with E-state index in [0.717, 1.165) is 46.6 Å². The summed E-state index contributed by atoms with van der Waals surface area (Å²) in [5, 5.41) is 2.81. The van der Waals surface area contributed by atoms with Crippen LogP contribution in [0.2, 0.25) is 10.0 Å². The fourth-order valence-electron chi connectivity index (χ4n) is 3.82. The van der Waals surface area contributed by atoms with Crippen LogP contribution in [-0.4, -0.2) is 10.5 Å². The van der Waals surface area contributed by atoms with Gasteiger partial charge in [-0.05, 0) is 60.4 Å². The Balaban J connectivity index is 1.96. The van der Waals surface area contributed by atoms with E-state index in [2.05, 4.69) is 23.6 Å². The molecule has 0 aliphatic carbocycles. The average Bonchev–Trinajstić information content (AvgIpc) is 3.02. The summed E-state index contributed by atoms with van der Waals surface area (Å²) in [5.41, 5.74) is 10.4. The van der Waals surface area contributed by atoms with Crippen molar-refractivity contribution in [2.75, 3.05) is 0 Å². The minimum absolute atomic E-state index is 0.437. The summed E-state index contributed by atoms with van der Waals surface area (Å²) in [6.07, 6.45) is 3.26. The fourth-order valence-corrected chi connectivity index (χ4v) is 4.14. The van der Waals surface area contributed by atoms with Crippen molar-refractivity contribution in [3.63, 3.8) is 0 Å². The van der Waals surface area contributed by atoms with Crippen LogP contribution < -0.4 is 5.73 Å². The Kier molecular flexibility index (Phi) is 5.53. The number of hydrogen-bond acceptors (Lipinski definition) is 1. The molecule has 1 amide bonds. The number of carbonyl (C=O) groups excluding carboxylic acids is 1. The Labute approximate surface area is 180 Å². The van der Waals surface area contributed by atoms with Crippen LogP contribution in [0.1, 0.15) is 41.3 Å². The van der Waals surface area contributed by atoms with E-state index in [9.17, 15) is 4.79 Å². The zero-order chi connectivity index (χ0) is 20.5. The third-order valence-electron chi connectivity index (χ3n) is 5.26. The van der Waals surface area contributed by atoms with Gasteiger partial charge >= 0.3 is 0 Å². The first-order chi connectivity index (χ1) is 14.0. The quantitative estimate of drug-likeness (QED) is 0.383. The summed E-state index contributed by atoms with van der Waals surface area (Å²) in [5.74, 6) is -0.437. The number of hydrogen-bond donors (Lipinski definition) is 1. The van der Waals surface area contributed by atoms with Crippen molar-refractivity contribution in [3.8, 4) is 0 Å². The van der Waals surface area contributed by atoms with Crippen LogP contribution >= 0.6 is 23.2 Å². The second-order valence-electron chi connectivity index (χ2n) is 7.27. The number of nitrogens with zero attached hydrogens (tertiary/aromatic N) is 1. The summed E-state index contributed by atoms with van der Waals surface area (Å²) in [6.45, 7) is 2.78. The van der Waals surface area contributed by atoms with Crippen molar-refractivity contribution >= 4 is 50.9 Å². The molecule has 0 unspecified atom stereocenters. The second kappa shape index (κ2) is 8.10. The molecule has 1 aromatic heterocycles. The summed E-state index contributed by atoms with van der Waals surface area (Å²) >= 11 is 12.3. The van der Waals surface area contributed by atoms with Gasteiger partial charge in [-0.25, -0.2) is 0 Å². The van der Waals surface area contributed by atoms with Crippen LogP contribution in [0.15, 0.2) is 48.5 Å². The van der Waals surface area contributed by atoms with Gasteiger partial charge in [-0.1, -0.05) is 54.7 Å². The molecule has 2 N–H and O–H groups in total. The summed E-state index contributed by atoms with van der Waals surface area (Å²) in [4.78, 5) is 12.1. The highest BCUT2D eigenvalue weighted by atomic mass is 35.5. The zero-order valence-corrected chi connectivity index (χ0v) is 17.6. The molecule has 5 heteroatoms. The maximum absolute atomic E-state index is 12.1. The van der Waals surface area contributed by atoms with Gasteiger partial charge < -0.3 is 10.3 Å². The molecule has 3 nitrogen and oxygen atoms in total. The number of aryl methyl sites for hydroxylation is 1. The highest BCUT2D eigenvalue weighted by Gasteiger charge is 2.17. The molecule has 4 aromatic rings. The van der Waals surface area contributed by atoms with Gasteiger partial charge in [-0.2, -0.15) is 0 Å². The minimum Gasteiger partial charge on any atom is -0.366 e. The number of unbranched alkanes of at least 4 members (excludes halogenated alkanes) is 1. The summed E-state index contributed by atoms with van der Waals surface area (Å²) in [6, 6.07) is 18.9. The number of fused-ring (bicyclic) bond motifs is 3. The van der Waals surface area contributed by atoms with Gasteiger partial charge in [0.05, 0.1) is 21.1 Å². The molecule has 0 saturated heterocycles. The largest absolute Gasteiger partial charge is 0.366 e. The van der Waals surface area contributed by atoms with E-state index in [1.165, 1.54) is 5.56 Å². The molecule has 4 rings (SSSR count). The average molecular weight is 424 g/mol. The molecule has 0 atom stereocenters. The Morgan fingerprint density at radius 3 is 2.62 bits per heavy atom. The van der Waals surface area contributed by atoms with E-state index in [4.69, 9.17) is 28.9 Å². The number of aromatic nitrogens is 1. The number of halogens is 2. The van der Waals surface area contributed by atoms with Crippen LogP contribution in [0.25, 0.3) is 21.8 Å². The number of amides is 1. The normalized spacial score (nSPS) is 11.4. The third-order valence-corrected chi connectivity index (χ3v) is 6.00. The molecule has 0 saturated carbocycles. The highest BCUT2D eigenvalue weighted by molar-refractivity contribution is 6.42. The van der Waals surface area contributed by atoms with E-state index < -0.39 is 5.91 Å². The van der Waals surface area contributed by atoms with Gasteiger partial charge in [0, 0.05) is 22.9 Å². The first kappa shape index (κ1) is 19.8. The molecule has 0 spiro atoms. The van der Waals surface area contributed by atoms with Gasteiger partial charge in [0.25, 0.3) is 0 Å². The molecule has 0 bridgehead atoms. The van der Waals surface area contributed by atoms with E-state index in [1.54, 1.807) is 12.1 Å². The first-order valence-electron chi connectivity index (χ1n) is 9.69. The number of rotatable bonds is 6. The lowest BCUT2D eigenvalue weighted by Crippen LogP contribution is -2.11. The van der Waals surface area contributed by atoms with Crippen molar-refractivity contribution in [1.82, 2.24) is 4.57 Å². The predicted octanol–water partition coefficient (Wildman–Crippen LogP) is 6.39. The second-order valence-corrected chi connectivity index (χ2v) is 8.08. The molecule has 0 aliphatic rings. The van der Waals surface area contributed by atoms with Gasteiger partial charge in [0.15, 0.2) is 0 Å².